The molecule has 9 atom stereocenters. The first-order valence-corrected chi connectivity index (χ1v) is 25.1. The van der Waals surface area contributed by atoms with Gasteiger partial charge in [0, 0.05) is 42.9 Å². The number of fused-ring (bicyclic) bond motifs is 1. The van der Waals surface area contributed by atoms with Crippen LogP contribution in [0.15, 0.2) is 65.8 Å². The Bertz CT molecular complexity index is 2660. The number of primary amides is 1. The maximum atomic E-state index is 14.4. The molecule has 26 nitrogen and oxygen atoms in total. The van der Waals surface area contributed by atoms with Gasteiger partial charge in [-0.3, -0.25) is 57.8 Å². The van der Waals surface area contributed by atoms with E-state index in [1.54, 1.807) is 69.4 Å². The second-order valence-electron chi connectivity index (χ2n) is 18.8. The fourth-order valence-corrected chi connectivity index (χ4v) is 8.85. The number of carboxylic acids is 1. The highest BCUT2D eigenvalue weighted by Crippen LogP contribution is 2.21. The van der Waals surface area contributed by atoms with Crippen molar-refractivity contribution in [3.05, 3.63) is 71.9 Å². The quantitative estimate of drug-likeness (QED) is 0.0299. The van der Waals surface area contributed by atoms with Crippen LogP contribution >= 0.6 is 0 Å². The number of amides is 11. The summed E-state index contributed by atoms with van der Waals surface area (Å²) < 4.78 is 0. The van der Waals surface area contributed by atoms with Crippen molar-refractivity contribution in [2.75, 3.05) is 13.1 Å². The summed E-state index contributed by atoms with van der Waals surface area (Å²) in [7, 11) is 0. The van der Waals surface area contributed by atoms with E-state index in [1.807, 2.05) is 12.1 Å². The van der Waals surface area contributed by atoms with Gasteiger partial charge < -0.3 is 69.8 Å². The van der Waals surface area contributed by atoms with Crippen LogP contribution in [0.5, 0.6) is 0 Å². The minimum atomic E-state index is -1.65. The maximum Gasteiger partial charge on any atom is 0.325 e. The number of nitrogens with zero attached hydrogens (tertiary/aromatic N) is 2. The summed E-state index contributed by atoms with van der Waals surface area (Å²) in [6, 6.07) is 3.81. The molecule has 2 saturated heterocycles. The molecule has 0 radical (unpaired) electrons. The number of nitrogens with one attached hydrogen (secondary N) is 9. The van der Waals surface area contributed by atoms with Crippen molar-refractivity contribution in [1.29, 1.82) is 0 Å². The summed E-state index contributed by atoms with van der Waals surface area (Å²) in [5.74, 6) is -10.4. The molecule has 11 amide bonds. The molecule has 2 aromatic carbocycles. The second-order valence-corrected chi connectivity index (χ2v) is 18.8. The summed E-state index contributed by atoms with van der Waals surface area (Å²) in [5.41, 5.74) is 18.6. The molecule has 0 spiro atoms. The number of hydrogen-bond acceptors (Lipinski definition) is 12. The number of aliphatic carboxylic acids is 1. The lowest BCUT2D eigenvalue weighted by Crippen LogP contribution is -2.60. The SMILES string of the molecule is CC[C@@H]1NC(=O)[C@H](CCC(=O)O)NC(=O)[C@@H](NC(=O)CN2C(=O)N[C@@H](CCCN=C(N)N)C2=O)CC(C)C[C@@H](C(N)=O)NC(=O)[C@H](Cc2c[nH]c3ccccc23)NC(=O)[C@H](CC)NC(=O)[C@@H](Cc2ccccc2)NC1=O. The Balaban J connectivity index is 1.51. The molecule has 16 N–H and O–H groups in total. The van der Waals surface area contributed by atoms with Gasteiger partial charge in [0.25, 0.3) is 5.91 Å². The molecule has 2 fully saturated rings. The smallest absolute Gasteiger partial charge is 0.325 e. The van der Waals surface area contributed by atoms with Gasteiger partial charge in [-0.1, -0.05) is 69.3 Å². The summed E-state index contributed by atoms with van der Waals surface area (Å²) in [6.07, 6.45) is 0.0756. The normalized spacial score (nSPS) is 24.5. The Morgan fingerprint density at radius 1 is 0.671 bits per heavy atom. The van der Waals surface area contributed by atoms with Gasteiger partial charge >= 0.3 is 12.0 Å². The van der Waals surface area contributed by atoms with Gasteiger partial charge in [-0.25, -0.2) is 4.79 Å². The zero-order chi connectivity index (χ0) is 55.6. The fraction of sp³-hybridized carbons (Fsp3) is 0.480. The van der Waals surface area contributed by atoms with Gasteiger partial charge in [0.1, 0.15) is 54.9 Å². The Morgan fingerprint density at radius 3 is 1.86 bits per heavy atom. The van der Waals surface area contributed by atoms with Crippen LogP contribution in [-0.4, -0.2) is 148 Å². The lowest BCUT2D eigenvalue weighted by molar-refractivity contribution is -0.139. The van der Waals surface area contributed by atoms with Crippen LogP contribution in [0, 0.1) is 5.92 Å². The predicted octanol–water partition coefficient (Wildman–Crippen LogP) is -2.08. The van der Waals surface area contributed by atoms with E-state index in [4.69, 9.17) is 17.2 Å². The Hall–Kier alpha value is -8.58. The van der Waals surface area contributed by atoms with E-state index < -0.39 is 139 Å². The van der Waals surface area contributed by atoms with E-state index in [0.29, 0.717) is 22.4 Å². The maximum absolute atomic E-state index is 14.4. The first kappa shape index (κ1) is 58.3. The van der Waals surface area contributed by atoms with Crippen LogP contribution in [-0.2, 0) is 60.8 Å². The molecule has 1 aromatic heterocycles. The monoisotopic (exact) mass is 1060 g/mol. The van der Waals surface area contributed by atoms with Crippen LogP contribution in [0.2, 0.25) is 0 Å². The number of rotatable bonds is 17. The number of H-pyrrole nitrogens is 1. The van der Waals surface area contributed by atoms with E-state index in [2.05, 4.69) is 52.5 Å². The largest absolute Gasteiger partial charge is 0.481 e. The molecule has 0 saturated carbocycles. The number of aromatic amines is 1. The summed E-state index contributed by atoms with van der Waals surface area (Å²) in [6.45, 7) is 4.02. The van der Waals surface area contributed by atoms with Gasteiger partial charge in [0.2, 0.25) is 47.3 Å². The average Bonchev–Trinajstić information content (AvgIpc) is 3.90. The topological polar surface area (TPSA) is 414 Å². The number of para-hydroxylation sites is 1. The summed E-state index contributed by atoms with van der Waals surface area (Å²) >= 11 is 0. The zero-order valence-corrected chi connectivity index (χ0v) is 42.5. The van der Waals surface area contributed by atoms with Crippen molar-refractivity contribution in [1.82, 2.24) is 52.4 Å². The number of carboxylic acid groups (broad SMARTS) is 1. The number of carbonyl (C=O) groups excluding carboxylic acids is 10. The van der Waals surface area contributed by atoms with Crippen molar-refractivity contribution in [3.8, 4) is 0 Å². The zero-order valence-electron chi connectivity index (χ0n) is 42.5. The number of nitrogens with two attached hydrogens (primary N) is 3. The molecule has 76 heavy (non-hydrogen) atoms. The molecule has 2 aliphatic heterocycles. The molecule has 0 bridgehead atoms. The van der Waals surface area contributed by atoms with Gasteiger partial charge in [-0.05, 0) is 68.1 Å². The molecule has 1 unspecified atom stereocenters. The minimum Gasteiger partial charge on any atom is -0.481 e. The lowest BCUT2D eigenvalue weighted by atomic mass is 9.93. The molecule has 410 valence electrons. The highest BCUT2D eigenvalue weighted by Gasteiger charge is 2.40. The van der Waals surface area contributed by atoms with E-state index in [1.165, 1.54) is 0 Å². The van der Waals surface area contributed by atoms with Crippen molar-refractivity contribution in [2.45, 2.75) is 133 Å². The van der Waals surface area contributed by atoms with Gasteiger partial charge in [0.05, 0.1) is 0 Å². The number of aliphatic imine (C=N–C) groups is 1. The molecule has 5 rings (SSSR count). The average molecular weight is 1060 g/mol. The first-order chi connectivity index (χ1) is 36.2. The highest BCUT2D eigenvalue weighted by molar-refractivity contribution is 6.07. The Kier molecular flexibility index (Phi) is 21.2. The number of aromatic nitrogens is 1. The minimum absolute atomic E-state index is 0.0189. The molecule has 2 aliphatic rings. The van der Waals surface area contributed by atoms with E-state index in [9.17, 15) is 57.8 Å². The predicted molar refractivity (Wildman–Crippen MR) is 275 cm³/mol. The molecular weight excluding hydrogens is 989 g/mol. The number of benzene rings is 2. The van der Waals surface area contributed by atoms with E-state index >= 15 is 0 Å². The molecular formula is C50H68N14O12. The molecule has 26 heteroatoms. The highest BCUT2D eigenvalue weighted by atomic mass is 16.4. The fourth-order valence-electron chi connectivity index (χ4n) is 8.85. The van der Waals surface area contributed by atoms with Crippen molar-refractivity contribution < 1.29 is 57.8 Å². The first-order valence-electron chi connectivity index (χ1n) is 25.1. The van der Waals surface area contributed by atoms with E-state index in [0.717, 1.165) is 10.9 Å². The number of hydrogen-bond donors (Lipinski definition) is 13. The number of carbonyl (C=O) groups is 11. The lowest BCUT2D eigenvalue weighted by Gasteiger charge is -2.29. The third kappa shape index (κ3) is 16.7. The van der Waals surface area contributed by atoms with Crippen molar-refractivity contribution >= 4 is 82.0 Å². The Morgan fingerprint density at radius 2 is 1.24 bits per heavy atom. The molecule has 0 aliphatic carbocycles. The Labute approximate surface area is 437 Å². The third-order valence-electron chi connectivity index (χ3n) is 13.0. The molecule has 3 aromatic rings. The number of urea groups is 1. The third-order valence-corrected chi connectivity index (χ3v) is 13.0. The van der Waals surface area contributed by atoms with Gasteiger partial charge in [-0.15, -0.1) is 0 Å². The second kappa shape index (κ2) is 27.6. The summed E-state index contributed by atoms with van der Waals surface area (Å²) in [5, 5.41) is 31.1. The number of imide groups is 1. The number of guanidine groups is 1. The molecule has 3 heterocycles. The van der Waals surface area contributed by atoms with E-state index in [-0.39, 0.29) is 57.5 Å². The van der Waals surface area contributed by atoms with Gasteiger partial charge in [-0.2, -0.15) is 0 Å². The summed E-state index contributed by atoms with van der Waals surface area (Å²) in [4.78, 5) is 158. The van der Waals surface area contributed by atoms with Crippen LogP contribution in [0.3, 0.4) is 0 Å². The van der Waals surface area contributed by atoms with Crippen LogP contribution in [0.1, 0.15) is 83.3 Å². The van der Waals surface area contributed by atoms with Crippen molar-refractivity contribution in [3.63, 3.8) is 0 Å². The van der Waals surface area contributed by atoms with Crippen molar-refractivity contribution in [2.24, 2.45) is 28.1 Å². The van der Waals surface area contributed by atoms with Crippen LogP contribution < -0.4 is 59.7 Å². The van der Waals surface area contributed by atoms with Crippen LogP contribution in [0.25, 0.3) is 10.9 Å². The van der Waals surface area contributed by atoms with Crippen LogP contribution in [0.4, 0.5) is 4.79 Å². The van der Waals surface area contributed by atoms with Gasteiger partial charge in [0.15, 0.2) is 5.96 Å². The standard InChI is InChI=1S/C50H68N14O12/c1-4-30-42(69)61-37(22-27-12-7-6-8-13-27)46(73)58-31(5-2)43(70)62-38(23-28-24-55-32-15-10-9-14-29(28)32)47(74)60-35(41(51)68)20-26(3)21-36(45(72)59-33(44(71)57-30)17-18-40(66)67)56-39(65)25-64-48(75)34(63-50(64)76)16-11-19-54-49(52)53/h6-10,12-15,24,26,30-31,33-38,55H,4-5,11,16-23,25H2,1-3H3,(H2,51,68)(H,56,65)(H,57,71)(H,58,73)(H,59,72)(H,60,74)(H,61,69)(H,62,70)(H,63,76)(H,66,67)(H4,52,53,54)/t26?,30-,31-,33-,34-,35-,36-,37+,38-/m0/s1.